The molecule has 0 bridgehead atoms. The monoisotopic (exact) mass is 185 g/mol. The second kappa shape index (κ2) is 5.63. The Morgan fingerprint density at radius 3 is 2.83 bits per heavy atom. The van der Waals surface area contributed by atoms with E-state index in [2.05, 4.69) is 18.8 Å². The lowest BCUT2D eigenvalue weighted by Gasteiger charge is -2.04. The molecule has 1 unspecified atom stereocenters. The van der Waals surface area contributed by atoms with E-state index in [1.807, 2.05) is 11.8 Å². The molecule has 0 amide bonds. The van der Waals surface area contributed by atoms with Gasteiger partial charge >= 0.3 is 0 Å². The van der Waals surface area contributed by atoms with Crippen LogP contribution in [0, 0.1) is 0 Å². The smallest absolute Gasteiger partial charge is 0.0649 e. The molecule has 0 aliphatic carbocycles. The first-order valence-corrected chi connectivity index (χ1v) is 5.98. The first-order valence-electron chi connectivity index (χ1n) is 5.00. The maximum Gasteiger partial charge on any atom is 0.0649 e. The Labute approximate surface area is 80.0 Å². The lowest BCUT2D eigenvalue weighted by atomic mass is 10.1. The van der Waals surface area contributed by atoms with Crippen LogP contribution in [0.2, 0.25) is 0 Å². The molecule has 70 valence electrons. The van der Waals surface area contributed by atoms with Crippen molar-refractivity contribution in [2.45, 2.75) is 52.0 Å². The molecule has 1 heterocycles. The average Bonchev–Trinajstić information content (AvgIpc) is 2.45. The Bertz CT molecular complexity index is 154. The first-order chi connectivity index (χ1) is 5.83. The summed E-state index contributed by atoms with van der Waals surface area (Å²) in [4.78, 5) is 4.57. The molecule has 12 heavy (non-hydrogen) atoms. The third kappa shape index (κ3) is 3.61. The van der Waals surface area contributed by atoms with Crippen molar-refractivity contribution >= 4 is 16.8 Å². The summed E-state index contributed by atoms with van der Waals surface area (Å²) in [5.41, 5.74) is 0. The van der Waals surface area contributed by atoms with Crippen LogP contribution in [0.5, 0.6) is 0 Å². The van der Waals surface area contributed by atoms with Gasteiger partial charge in [0.15, 0.2) is 0 Å². The van der Waals surface area contributed by atoms with Gasteiger partial charge in [-0.15, -0.1) is 11.8 Å². The first kappa shape index (κ1) is 10.1. The summed E-state index contributed by atoms with van der Waals surface area (Å²) in [6, 6.07) is 0.645. The fraction of sp³-hybridized carbons (Fsp3) is 0.900. The number of aliphatic imine (C=N–C) groups is 1. The van der Waals surface area contributed by atoms with Gasteiger partial charge in [0.1, 0.15) is 0 Å². The van der Waals surface area contributed by atoms with Crippen LogP contribution < -0.4 is 0 Å². The Morgan fingerprint density at radius 2 is 2.25 bits per heavy atom. The van der Waals surface area contributed by atoms with Crippen molar-refractivity contribution < 1.29 is 0 Å². The number of unbranched alkanes of at least 4 members (excludes halogenated alkanes) is 3. The Balaban J connectivity index is 2.01. The minimum atomic E-state index is 0.645. The second-order valence-corrected chi connectivity index (χ2v) is 4.68. The topological polar surface area (TPSA) is 12.4 Å². The quantitative estimate of drug-likeness (QED) is 0.597. The largest absolute Gasteiger partial charge is 0.279 e. The van der Waals surface area contributed by atoms with Crippen LogP contribution in [0.25, 0.3) is 0 Å². The molecular weight excluding hydrogens is 166 g/mol. The third-order valence-corrected chi connectivity index (χ3v) is 3.31. The number of hydrogen-bond donors (Lipinski definition) is 0. The number of thioether (sulfide) groups is 1. The zero-order valence-corrected chi connectivity index (χ0v) is 8.99. The maximum absolute atomic E-state index is 4.57. The van der Waals surface area contributed by atoms with E-state index in [1.54, 1.807) is 0 Å². The normalized spacial score (nSPS) is 22.8. The molecule has 2 heteroatoms. The standard InChI is InChI=1S/C10H19NS/c1-3-4-5-6-7-10-8-12-9(2)11-10/h10H,3-8H2,1-2H3. The van der Waals surface area contributed by atoms with E-state index in [4.69, 9.17) is 0 Å². The fourth-order valence-electron chi connectivity index (χ4n) is 1.50. The lowest BCUT2D eigenvalue weighted by Crippen LogP contribution is -2.02. The predicted octanol–water partition coefficient (Wildman–Crippen LogP) is 3.49. The average molecular weight is 185 g/mol. The molecule has 1 nitrogen and oxygen atoms in total. The van der Waals surface area contributed by atoms with Gasteiger partial charge in [-0.2, -0.15) is 0 Å². The van der Waals surface area contributed by atoms with Crippen LogP contribution in [-0.4, -0.2) is 16.8 Å². The van der Waals surface area contributed by atoms with Crippen molar-refractivity contribution in [2.75, 3.05) is 5.75 Å². The van der Waals surface area contributed by atoms with Gasteiger partial charge in [-0.3, -0.25) is 4.99 Å². The maximum atomic E-state index is 4.57. The van der Waals surface area contributed by atoms with Gasteiger partial charge in [-0.1, -0.05) is 32.6 Å². The molecule has 1 aliphatic heterocycles. The molecule has 0 N–H and O–H groups in total. The molecule has 0 aromatic rings. The Kier molecular flexibility index (Phi) is 4.74. The van der Waals surface area contributed by atoms with Crippen LogP contribution in [0.4, 0.5) is 0 Å². The van der Waals surface area contributed by atoms with E-state index in [1.165, 1.54) is 42.9 Å². The molecule has 0 radical (unpaired) electrons. The molecular formula is C10H19NS. The van der Waals surface area contributed by atoms with Gasteiger partial charge in [0.2, 0.25) is 0 Å². The van der Waals surface area contributed by atoms with Crippen molar-refractivity contribution in [1.82, 2.24) is 0 Å². The van der Waals surface area contributed by atoms with Crippen LogP contribution in [0.3, 0.4) is 0 Å². The van der Waals surface area contributed by atoms with Crippen molar-refractivity contribution in [2.24, 2.45) is 4.99 Å². The Morgan fingerprint density at radius 1 is 1.42 bits per heavy atom. The van der Waals surface area contributed by atoms with Crippen molar-refractivity contribution in [3.8, 4) is 0 Å². The number of nitrogens with zero attached hydrogens (tertiary/aromatic N) is 1. The van der Waals surface area contributed by atoms with Crippen LogP contribution in [0.1, 0.15) is 46.0 Å². The van der Waals surface area contributed by atoms with E-state index in [9.17, 15) is 0 Å². The Hall–Kier alpha value is 0.0200. The number of hydrogen-bond acceptors (Lipinski definition) is 2. The third-order valence-electron chi connectivity index (χ3n) is 2.24. The lowest BCUT2D eigenvalue weighted by molar-refractivity contribution is 0.584. The minimum absolute atomic E-state index is 0.645. The van der Waals surface area contributed by atoms with E-state index >= 15 is 0 Å². The zero-order valence-electron chi connectivity index (χ0n) is 8.18. The van der Waals surface area contributed by atoms with Crippen LogP contribution in [-0.2, 0) is 0 Å². The van der Waals surface area contributed by atoms with Crippen LogP contribution >= 0.6 is 11.8 Å². The van der Waals surface area contributed by atoms with E-state index in [0.29, 0.717) is 6.04 Å². The highest BCUT2D eigenvalue weighted by Crippen LogP contribution is 2.21. The fourth-order valence-corrected chi connectivity index (χ4v) is 2.40. The summed E-state index contributed by atoms with van der Waals surface area (Å²) >= 11 is 1.92. The summed E-state index contributed by atoms with van der Waals surface area (Å²) in [7, 11) is 0. The summed E-state index contributed by atoms with van der Waals surface area (Å²) in [6.45, 7) is 4.38. The summed E-state index contributed by atoms with van der Waals surface area (Å²) in [6.07, 6.45) is 6.80. The molecule has 0 saturated heterocycles. The van der Waals surface area contributed by atoms with E-state index in [0.717, 1.165) is 0 Å². The van der Waals surface area contributed by atoms with Gasteiger partial charge < -0.3 is 0 Å². The van der Waals surface area contributed by atoms with Gasteiger partial charge in [0.05, 0.1) is 11.1 Å². The molecule has 0 aromatic carbocycles. The van der Waals surface area contributed by atoms with Crippen molar-refractivity contribution in [3.63, 3.8) is 0 Å². The van der Waals surface area contributed by atoms with Gasteiger partial charge in [0.25, 0.3) is 0 Å². The minimum Gasteiger partial charge on any atom is -0.279 e. The highest BCUT2D eigenvalue weighted by atomic mass is 32.2. The molecule has 0 aromatic heterocycles. The van der Waals surface area contributed by atoms with E-state index in [-0.39, 0.29) is 0 Å². The molecule has 1 rings (SSSR count). The van der Waals surface area contributed by atoms with E-state index < -0.39 is 0 Å². The summed E-state index contributed by atoms with van der Waals surface area (Å²) < 4.78 is 0. The molecule has 1 aliphatic rings. The van der Waals surface area contributed by atoms with Crippen LogP contribution in [0.15, 0.2) is 4.99 Å². The predicted molar refractivity (Wildman–Crippen MR) is 58.1 cm³/mol. The molecule has 0 fully saturated rings. The van der Waals surface area contributed by atoms with Gasteiger partial charge in [-0.05, 0) is 13.3 Å². The van der Waals surface area contributed by atoms with Gasteiger partial charge in [0, 0.05) is 5.75 Å². The van der Waals surface area contributed by atoms with Gasteiger partial charge in [-0.25, -0.2) is 0 Å². The van der Waals surface area contributed by atoms with Crippen molar-refractivity contribution in [1.29, 1.82) is 0 Å². The molecule has 1 atom stereocenters. The number of rotatable bonds is 5. The summed E-state index contributed by atoms with van der Waals surface area (Å²) in [5, 5.41) is 1.29. The summed E-state index contributed by atoms with van der Waals surface area (Å²) in [5.74, 6) is 1.23. The highest BCUT2D eigenvalue weighted by molar-refractivity contribution is 8.14. The SMILES string of the molecule is CCCCCCC1CSC(C)=N1. The molecule has 0 saturated carbocycles. The highest BCUT2D eigenvalue weighted by Gasteiger charge is 2.13. The van der Waals surface area contributed by atoms with Crippen molar-refractivity contribution in [3.05, 3.63) is 0 Å². The zero-order chi connectivity index (χ0) is 8.81. The second-order valence-electron chi connectivity index (χ2n) is 3.46. The molecule has 0 spiro atoms.